The Morgan fingerprint density at radius 3 is 2.59 bits per heavy atom. The summed E-state index contributed by atoms with van der Waals surface area (Å²) in [5.74, 6) is -2.82. The van der Waals surface area contributed by atoms with E-state index in [0.29, 0.717) is 30.6 Å². The summed E-state index contributed by atoms with van der Waals surface area (Å²) in [7, 11) is 0. The molecule has 2 fully saturated rings. The smallest absolute Gasteiger partial charge is 0.311 e. The first-order valence-electron chi connectivity index (χ1n) is 10.3. The summed E-state index contributed by atoms with van der Waals surface area (Å²) in [5, 5.41) is 33.2. The standard InChI is InChI=1S/C22H30O7/c1-11(23)29-16-5-7-20(2,3)22(27)10-14(24)18-13(21(16,22)4)9-15-12(6-8-28-15)17(18)19(25)26/h6,8,13-14,16-18,24,27H,5,7,9-10H2,1-4H3,(H,25,26). The van der Waals surface area contributed by atoms with Gasteiger partial charge in [-0.3, -0.25) is 9.59 Å². The summed E-state index contributed by atoms with van der Waals surface area (Å²) in [6.45, 7) is 7.19. The number of aliphatic carboxylic acids is 1. The number of carboxylic acids is 1. The Morgan fingerprint density at radius 1 is 1.28 bits per heavy atom. The molecule has 0 spiro atoms. The number of rotatable bonds is 2. The van der Waals surface area contributed by atoms with Gasteiger partial charge in [0.25, 0.3) is 0 Å². The lowest BCUT2D eigenvalue weighted by Crippen LogP contribution is -2.74. The maximum atomic E-state index is 12.2. The Morgan fingerprint density at radius 2 is 1.97 bits per heavy atom. The largest absolute Gasteiger partial charge is 0.481 e. The predicted octanol–water partition coefficient (Wildman–Crippen LogP) is 2.49. The number of fused-ring (bicyclic) bond motifs is 4. The van der Waals surface area contributed by atoms with Crippen LogP contribution in [0.25, 0.3) is 0 Å². The molecule has 7 nitrogen and oxygen atoms in total. The van der Waals surface area contributed by atoms with Gasteiger partial charge in [-0.15, -0.1) is 0 Å². The molecule has 160 valence electrons. The molecule has 0 saturated heterocycles. The summed E-state index contributed by atoms with van der Waals surface area (Å²) in [5.41, 5.74) is -2.20. The molecule has 1 aromatic heterocycles. The van der Waals surface area contributed by atoms with Gasteiger partial charge < -0.3 is 24.5 Å². The number of hydrogen-bond acceptors (Lipinski definition) is 6. The molecule has 29 heavy (non-hydrogen) atoms. The van der Waals surface area contributed by atoms with Crippen molar-refractivity contribution < 1.29 is 34.1 Å². The number of carbonyl (C=O) groups is 2. The molecule has 7 heteroatoms. The quantitative estimate of drug-likeness (QED) is 0.646. The zero-order chi connectivity index (χ0) is 21.4. The zero-order valence-corrected chi connectivity index (χ0v) is 17.3. The SMILES string of the molecule is CC(=O)OC1CCC(C)(C)C2(O)CC(O)C3C(C(=O)O)c4ccoc4CC3C12C. The molecule has 2 saturated carbocycles. The highest BCUT2D eigenvalue weighted by Crippen LogP contribution is 2.67. The number of hydrogen-bond donors (Lipinski definition) is 3. The summed E-state index contributed by atoms with van der Waals surface area (Å²) < 4.78 is 11.3. The van der Waals surface area contributed by atoms with Crippen LogP contribution in [0.4, 0.5) is 0 Å². The normalized spacial score (nSPS) is 42.9. The van der Waals surface area contributed by atoms with Gasteiger partial charge in [-0.25, -0.2) is 0 Å². The van der Waals surface area contributed by atoms with E-state index in [1.54, 1.807) is 6.07 Å². The van der Waals surface area contributed by atoms with E-state index >= 15 is 0 Å². The Labute approximate surface area is 170 Å². The van der Waals surface area contributed by atoms with Gasteiger partial charge in [-0.2, -0.15) is 0 Å². The molecular formula is C22H30O7. The van der Waals surface area contributed by atoms with E-state index in [0.717, 1.165) is 0 Å². The fourth-order valence-electron chi connectivity index (χ4n) is 6.82. The summed E-state index contributed by atoms with van der Waals surface area (Å²) >= 11 is 0. The van der Waals surface area contributed by atoms with E-state index in [2.05, 4.69) is 0 Å². The third kappa shape index (κ3) is 2.56. The third-order valence-electron chi connectivity index (χ3n) is 8.37. The first kappa shape index (κ1) is 20.4. The van der Waals surface area contributed by atoms with Crippen LogP contribution in [0.15, 0.2) is 16.7 Å². The molecule has 1 heterocycles. The predicted molar refractivity (Wildman–Crippen MR) is 102 cm³/mol. The number of carboxylic acid groups (broad SMARTS) is 1. The van der Waals surface area contributed by atoms with Gasteiger partial charge in [-0.1, -0.05) is 20.8 Å². The maximum Gasteiger partial charge on any atom is 0.311 e. The minimum Gasteiger partial charge on any atom is -0.481 e. The second kappa shape index (κ2) is 6.32. The molecule has 0 aliphatic heterocycles. The molecule has 0 bridgehead atoms. The lowest BCUT2D eigenvalue weighted by Gasteiger charge is -2.68. The average Bonchev–Trinajstić information content (AvgIpc) is 3.08. The average molecular weight is 406 g/mol. The van der Waals surface area contributed by atoms with Gasteiger partial charge in [0.2, 0.25) is 0 Å². The number of aliphatic hydroxyl groups excluding tert-OH is 1. The Hall–Kier alpha value is -1.86. The number of esters is 1. The van der Waals surface area contributed by atoms with Crippen molar-refractivity contribution in [1.29, 1.82) is 0 Å². The minimum atomic E-state index is -1.33. The first-order chi connectivity index (χ1) is 13.4. The van der Waals surface area contributed by atoms with Crippen molar-refractivity contribution in [1.82, 2.24) is 0 Å². The third-order valence-corrected chi connectivity index (χ3v) is 8.37. The summed E-state index contributed by atoms with van der Waals surface area (Å²) in [4.78, 5) is 24.1. The fraction of sp³-hybridized carbons (Fsp3) is 0.727. The highest BCUT2D eigenvalue weighted by atomic mass is 16.5. The number of carbonyl (C=O) groups excluding carboxylic acids is 1. The van der Waals surface area contributed by atoms with E-state index in [1.165, 1.54) is 13.2 Å². The first-order valence-corrected chi connectivity index (χ1v) is 10.3. The van der Waals surface area contributed by atoms with Crippen molar-refractivity contribution in [3.63, 3.8) is 0 Å². The van der Waals surface area contributed by atoms with Crippen LogP contribution in [0.1, 0.15) is 64.2 Å². The van der Waals surface area contributed by atoms with Crippen molar-refractivity contribution >= 4 is 11.9 Å². The molecule has 7 unspecified atom stereocenters. The molecule has 3 aliphatic carbocycles. The van der Waals surface area contributed by atoms with E-state index in [9.17, 15) is 24.9 Å². The van der Waals surface area contributed by atoms with Gasteiger partial charge in [0.15, 0.2) is 0 Å². The highest BCUT2D eigenvalue weighted by Gasteiger charge is 2.72. The van der Waals surface area contributed by atoms with Gasteiger partial charge in [0.1, 0.15) is 11.9 Å². The lowest BCUT2D eigenvalue weighted by molar-refractivity contribution is -0.296. The van der Waals surface area contributed by atoms with E-state index < -0.39 is 58.3 Å². The van der Waals surface area contributed by atoms with Gasteiger partial charge >= 0.3 is 11.9 Å². The van der Waals surface area contributed by atoms with Crippen molar-refractivity contribution in [3.05, 3.63) is 23.7 Å². The number of furan rings is 1. The number of ether oxygens (including phenoxy) is 1. The topological polar surface area (TPSA) is 117 Å². The van der Waals surface area contributed by atoms with Crippen LogP contribution >= 0.6 is 0 Å². The monoisotopic (exact) mass is 406 g/mol. The van der Waals surface area contributed by atoms with E-state index in [-0.39, 0.29) is 6.42 Å². The molecule has 4 rings (SSSR count). The maximum absolute atomic E-state index is 12.2. The Balaban J connectivity index is 1.91. The molecule has 7 atom stereocenters. The highest BCUT2D eigenvalue weighted by molar-refractivity contribution is 5.77. The van der Waals surface area contributed by atoms with Crippen LogP contribution in [0.2, 0.25) is 0 Å². The molecule has 0 radical (unpaired) electrons. The number of aliphatic hydroxyl groups is 2. The molecule has 0 aromatic carbocycles. The summed E-state index contributed by atoms with van der Waals surface area (Å²) in [6.07, 6.45) is 1.57. The van der Waals surface area contributed by atoms with E-state index in [1.807, 2.05) is 20.8 Å². The molecule has 3 aliphatic rings. The van der Waals surface area contributed by atoms with Crippen molar-refractivity contribution in [2.45, 2.75) is 77.1 Å². The van der Waals surface area contributed by atoms with Crippen LogP contribution in [-0.2, 0) is 20.7 Å². The zero-order valence-electron chi connectivity index (χ0n) is 17.3. The lowest BCUT2D eigenvalue weighted by atomic mass is 9.40. The van der Waals surface area contributed by atoms with Crippen LogP contribution in [0.5, 0.6) is 0 Å². The Kier molecular flexibility index (Phi) is 4.45. The van der Waals surface area contributed by atoms with Crippen LogP contribution in [-0.4, -0.2) is 45.1 Å². The van der Waals surface area contributed by atoms with Crippen LogP contribution in [0.3, 0.4) is 0 Å². The second-order valence-corrected chi connectivity index (χ2v) is 9.94. The van der Waals surface area contributed by atoms with Crippen LogP contribution in [0, 0.1) is 22.7 Å². The van der Waals surface area contributed by atoms with Gasteiger partial charge in [0, 0.05) is 36.7 Å². The second-order valence-electron chi connectivity index (χ2n) is 9.94. The minimum absolute atomic E-state index is 0.0480. The summed E-state index contributed by atoms with van der Waals surface area (Å²) in [6, 6.07) is 1.66. The molecule has 1 aromatic rings. The van der Waals surface area contributed by atoms with Gasteiger partial charge in [-0.05, 0) is 30.2 Å². The van der Waals surface area contributed by atoms with Crippen molar-refractivity contribution in [2.75, 3.05) is 0 Å². The fourth-order valence-corrected chi connectivity index (χ4v) is 6.82. The van der Waals surface area contributed by atoms with Crippen molar-refractivity contribution in [2.24, 2.45) is 22.7 Å². The molecular weight excluding hydrogens is 376 g/mol. The van der Waals surface area contributed by atoms with E-state index in [4.69, 9.17) is 9.15 Å². The van der Waals surface area contributed by atoms with Gasteiger partial charge in [0.05, 0.1) is 23.9 Å². The Bertz CT molecular complexity index is 842. The molecule has 3 N–H and O–H groups in total. The molecule has 0 amide bonds. The van der Waals surface area contributed by atoms with Crippen LogP contribution < -0.4 is 0 Å². The van der Waals surface area contributed by atoms with Crippen molar-refractivity contribution in [3.8, 4) is 0 Å².